The Morgan fingerprint density at radius 3 is 2.60 bits per heavy atom. The molecule has 0 aliphatic carbocycles. The highest BCUT2D eigenvalue weighted by Crippen LogP contribution is 2.28. The van der Waals surface area contributed by atoms with Gasteiger partial charge in [-0.05, 0) is 36.7 Å². The lowest BCUT2D eigenvalue weighted by molar-refractivity contribution is -0.135. The lowest BCUT2D eigenvalue weighted by Crippen LogP contribution is -2.44. The van der Waals surface area contributed by atoms with Crippen LogP contribution in [0.1, 0.15) is 20.8 Å². The second-order valence-electron chi connectivity index (χ2n) is 4.10. The van der Waals surface area contributed by atoms with E-state index < -0.39 is 5.97 Å². The number of hydrogen-bond donors (Lipinski definition) is 1. The smallest absolute Gasteiger partial charge is 0.323 e. The van der Waals surface area contributed by atoms with Crippen molar-refractivity contribution in [2.45, 2.75) is 26.3 Å². The van der Waals surface area contributed by atoms with Gasteiger partial charge in [-0.1, -0.05) is 0 Å². The number of anilines is 1. The van der Waals surface area contributed by atoms with Gasteiger partial charge in [-0.3, -0.25) is 4.79 Å². The molecule has 0 aromatic carbocycles. The Bertz CT molecular complexity index is 359. The van der Waals surface area contributed by atoms with Crippen molar-refractivity contribution < 1.29 is 9.90 Å². The topological polar surface area (TPSA) is 53.4 Å². The molecule has 0 fully saturated rings. The van der Waals surface area contributed by atoms with E-state index in [0.29, 0.717) is 0 Å². The number of thiazole rings is 1. The zero-order chi connectivity index (χ0) is 11.6. The lowest BCUT2D eigenvalue weighted by atomic mass is 10.1. The number of carboxylic acid groups (broad SMARTS) is 1. The van der Waals surface area contributed by atoms with Crippen molar-refractivity contribution in [1.29, 1.82) is 0 Å². The van der Waals surface area contributed by atoms with Gasteiger partial charge in [-0.15, -0.1) is 11.3 Å². The van der Waals surface area contributed by atoms with Crippen LogP contribution in [0.15, 0.2) is 9.98 Å². The van der Waals surface area contributed by atoms with Crippen molar-refractivity contribution >= 4 is 38.4 Å². The molecule has 1 aromatic rings. The van der Waals surface area contributed by atoms with Gasteiger partial charge in [0.25, 0.3) is 0 Å². The highest BCUT2D eigenvalue weighted by atomic mass is 79.9. The third-order valence-electron chi connectivity index (χ3n) is 1.80. The van der Waals surface area contributed by atoms with E-state index in [9.17, 15) is 4.79 Å². The van der Waals surface area contributed by atoms with Crippen LogP contribution in [0, 0.1) is 0 Å². The molecule has 0 spiro atoms. The van der Waals surface area contributed by atoms with Gasteiger partial charge in [0.2, 0.25) is 0 Å². The SMILES string of the molecule is CC(C)(C)N(CC(=O)O)c1nc(Br)cs1. The molecule has 0 radical (unpaired) electrons. The van der Waals surface area contributed by atoms with Crippen molar-refractivity contribution in [2.24, 2.45) is 0 Å². The molecule has 84 valence electrons. The molecule has 0 aliphatic heterocycles. The minimum atomic E-state index is -0.851. The summed E-state index contributed by atoms with van der Waals surface area (Å²) in [4.78, 5) is 16.8. The summed E-state index contributed by atoms with van der Waals surface area (Å²) in [6.07, 6.45) is 0. The van der Waals surface area contributed by atoms with E-state index >= 15 is 0 Å². The Balaban J connectivity index is 2.96. The standard InChI is InChI=1S/C9H13BrN2O2S/c1-9(2,3)12(4-7(13)14)8-11-6(10)5-15-8/h5H,4H2,1-3H3,(H,13,14). The predicted octanol–water partition coefficient (Wildman–Crippen LogP) is 2.60. The fourth-order valence-electron chi connectivity index (χ4n) is 1.10. The highest BCUT2D eigenvalue weighted by Gasteiger charge is 2.26. The van der Waals surface area contributed by atoms with Crippen LogP contribution in [0.3, 0.4) is 0 Å². The monoisotopic (exact) mass is 292 g/mol. The third-order valence-corrected chi connectivity index (χ3v) is 3.37. The minimum absolute atomic E-state index is 0.0382. The molecule has 0 amide bonds. The molecule has 1 aromatic heterocycles. The Kier molecular flexibility index (Phi) is 3.72. The predicted molar refractivity (Wildman–Crippen MR) is 64.5 cm³/mol. The Morgan fingerprint density at radius 1 is 1.67 bits per heavy atom. The zero-order valence-corrected chi connectivity index (χ0v) is 11.2. The van der Waals surface area contributed by atoms with Crippen LogP contribution in [0.5, 0.6) is 0 Å². The average molecular weight is 293 g/mol. The molecule has 15 heavy (non-hydrogen) atoms. The van der Waals surface area contributed by atoms with E-state index in [1.54, 1.807) is 4.90 Å². The van der Waals surface area contributed by atoms with Crippen LogP contribution in [-0.4, -0.2) is 28.1 Å². The molecule has 6 heteroatoms. The van der Waals surface area contributed by atoms with Crippen molar-refractivity contribution in [1.82, 2.24) is 4.98 Å². The number of halogens is 1. The maximum absolute atomic E-state index is 10.8. The average Bonchev–Trinajstić information content (AvgIpc) is 2.45. The molecule has 4 nitrogen and oxygen atoms in total. The second-order valence-corrected chi connectivity index (χ2v) is 5.75. The summed E-state index contributed by atoms with van der Waals surface area (Å²) >= 11 is 4.69. The minimum Gasteiger partial charge on any atom is -0.480 e. The quantitative estimate of drug-likeness (QED) is 0.930. The van der Waals surface area contributed by atoms with E-state index in [2.05, 4.69) is 20.9 Å². The van der Waals surface area contributed by atoms with Crippen LogP contribution in [0.25, 0.3) is 0 Å². The normalized spacial score (nSPS) is 11.5. The Labute approximate surface area is 101 Å². The first-order valence-electron chi connectivity index (χ1n) is 4.41. The van der Waals surface area contributed by atoms with Crippen molar-refractivity contribution in [3.8, 4) is 0 Å². The summed E-state index contributed by atoms with van der Waals surface area (Å²) in [5.41, 5.74) is -0.254. The van der Waals surface area contributed by atoms with Gasteiger partial charge in [-0.2, -0.15) is 0 Å². The zero-order valence-electron chi connectivity index (χ0n) is 8.82. The molecule has 0 saturated carbocycles. The van der Waals surface area contributed by atoms with Crippen LogP contribution >= 0.6 is 27.3 Å². The number of carbonyl (C=O) groups is 1. The summed E-state index contributed by atoms with van der Waals surface area (Å²) in [5.74, 6) is -0.851. The molecule has 1 rings (SSSR count). The summed E-state index contributed by atoms with van der Waals surface area (Å²) in [6, 6.07) is 0. The molecule has 0 aliphatic rings. The van der Waals surface area contributed by atoms with Gasteiger partial charge in [0, 0.05) is 10.9 Å². The molecule has 1 heterocycles. The van der Waals surface area contributed by atoms with Crippen LogP contribution in [0.4, 0.5) is 5.13 Å². The largest absolute Gasteiger partial charge is 0.480 e. The Hall–Kier alpha value is -0.620. The summed E-state index contributed by atoms with van der Waals surface area (Å²) in [7, 11) is 0. The number of hydrogen-bond acceptors (Lipinski definition) is 4. The first-order valence-corrected chi connectivity index (χ1v) is 6.08. The van der Waals surface area contributed by atoms with E-state index in [1.807, 2.05) is 26.2 Å². The molecule has 1 N–H and O–H groups in total. The molecule has 0 unspecified atom stereocenters. The molecule has 0 bridgehead atoms. The number of carboxylic acids is 1. The van der Waals surface area contributed by atoms with Gasteiger partial charge in [0.05, 0.1) is 0 Å². The third kappa shape index (κ3) is 3.46. The molecule has 0 atom stereocenters. The Morgan fingerprint density at radius 2 is 2.27 bits per heavy atom. The maximum Gasteiger partial charge on any atom is 0.323 e. The lowest BCUT2D eigenvalue weighted by Gasteiger charge is -2.33. The van der Waals surface area contributed by atoms with E-state index in [-0.39, 0.29) is 12.1 Å². The first-order chi connectivity index (χ1) is 6.80. The van der Waals surface area contributed by atoms with E-state index in [0.717, 1.165) is 9.73 Å². The first kappa shape index (κ1) is 12.4. The van der Waals surface area contributed by atoms with E-state index in [4.69, 9.17) is 5.11 Å². The fourth-order valence-corrected chi connectivity index (χ4v) is 2.53. The van der Waals surface area contributed by atoms with Crippen molar-refractivity contribution in [3.63, 3.8) is 0 Å². The molecular formula is C9H13BrN2O2S. The fraction of sp³-hybridized carbons (Fsp3) is 0.556. The number of aliphatic carboxylic acids is 1. The van der Waals surface area contributed by atoms with Gasteiger partial charge in [0.1, 0.15) is 11.1 Å². The summed E-state index contributed by atoms with van der Waals surface area (Å²) < 4.78 is 0.738. The summed E-state index contributed by atoms with van der Waals surface area (Å²) in [6.45, 7) is 5.85. The van der Waals surface area contributed by atoms with Crippen LogP contribution in [0.2, 0.25) is 0 Å². The second kappa shape index (κ2) is 4.49. The van der Waals surface area contributed by atoms with Gasteiger partial charge >= 0.3 is 5.97 Å². The van der Waals surface area contributed by atoms with Gasteiger partial charge in [-0.25, -0.2) is 4.98 Å². The maximum atomic E-state index is 10.8. The van der Waals surface area contributed by atoms with E-state index in [1.165, 1.54) is 11.3 Å². The number of aromatic nitrogens is 1. The van der Waals surface area contributed by atoms with Crippen molar-refractivity contribution in [3.05, 3.63) is 9.98 Å². The number of rotatable bonds is 3. The van der Waals surface area contributed by atoms with Gasteiger partial charge in [0.15, 0.2) is 5.13 Å². The van der Waals surface area contributed by atoms with Gasteiger partial charge < -0.3 is 10.0 Å². The molecular weight excluding hydrogens is 280 g/mol. The number of nitrogens with zero attached hydrogens (tertiary/aromatic N) is 2. The highest BCUT2D eigenvalue weighted by molar-refractivity contribution is 9.10. The summed E-state index contributed by atoms with van der Waals surface area (Å²) in [5, 5.41) is 11.4. The van der Waals surface area contributed by atoms with Crippen LogP contribution < -0.4 is 4.90 Å². The molecule has 0 saturated heterocycles. The van der Waals surface area contributed by atoms with Crippen LogP contribution in [-0.2, 0) is 4.79 Å². The van der Waals surface area contributed by atoms with Crippen molar-refractivity contribution in [2.75, 3.05) is 11.4 Å².